The van der Waals surface area contributed by atoms with Crippen LogP contribution < -0.4 is 9.80 Å². The lowest BCUT2D eigenvalue weighted by Gasteiger charge is -2.35. The molecular formula is C20H23BrN4O3S. The summed E-state index contributed by atoms with van der Waals surface area (Å²) in [5, 5.41) is 0. The number of pyridine rings is 1. The van der Waals surface area contributed by atoms with Crippen molar-refractivity contribution in [3.63, 3.8) is 0 Å². The van der Waals surface area contributed by atoms with E-state index in [1.54, 1.807) is 36.2 Å². The van der Waals surface area contributed by atoms with Crippen LogP contribution in [0.3, 0.4) is 0 Å². The van der Waals surface area contributed by atoms with E-state index in [2.05, 4.69) is 25.8 Å². The molecule has 1 fully saturated rings. The third-order valence-corrected chi connectivity index (χ3v) is 7.83. The molecule has 0 radical (unpaired) electrons. The molecule has 0 aliphatic carbocycles. The number of aromatic nitrogens is 1. The quantitative estimate of drug-likeness (QED) is 0.677. The van der Waals surface area contributed by atoms with Crippen LogP contribution in [0.25, 0.3) is 0 Å². The first-order valence-electron chi connectivity index (χ1n) is 9.64. The third-order valence-electron chi connectivity index (χ3n) is 5.46. The number of nitrogens with zero attached hydrogens (tertiary/aromatic N) is 4. The summed E-state index contributed by atoms with van der Waals surface area (Å²) in [7, 11) is -3.57. The van der Waals surface area contributed by atoms with Gasteiger partial charge in [0.2, 0.25) is 15.9 Å². The minimum atomic E-state index is -3.57. The number of carbonyl (C=O) groups excluding carboxylic acids is 1. The van der Waals surface area contributed by atoms with Crippen molar-refractivity contribution in [3.8, 4) is 0 Å². The number of aryl methyl sites for hydroxylation is 1. The fourth-order valence-electron chi connectivity index (χ4n) is 3.92. The van der Waals surface area contributed by atoms with Gasteiger partial charge in [0.15, 0.2) is 0 Å². The van der Waals surface area contributed by atoms with Gasteiger partial charge in [0.1, 0.15) is 5.82 Å². The molecule has 2 aliphatic rings. The Morgan fingerprint density at radius 2 is 1.83 bits per heavy atom. The van der Waals surface area contributed by atoms with Gasteiger partial charge in [0, 0.05) is 56.0 Å². The Bertz CT molecular complexity index is 1020. The average molecular weight is 479 g/mol. The predicted molar refractivity (Wildman–Crippen MR) is 116 cm³/mol. The summed E-state index contributed by atoms with van der Waals surface area (Å²) in [6.07, 6.45) is 3.37. The van der Waals surface area contributed by atoms with Crippen LogP contribution in [0, 0.1) is 0 Å². The SMILES string of the molecule is CC(=O)N1CCCc2cc(S(=O)(=O)N3CCN(c4ccc(Br)cn4)CC3)ccc21. The van der Waals surface area contributed by atoms with Crippen LogP contribution in [0.4, 0.5) is 11.5 Å². The Balaban J connectivity index is 1.51. The zero-order chi connectivity index (χ0) is 20.6. The number of piperazine rings is 1. The average Bonchev–Trinajstić information content (AvgIpc) is 2.73. The van der Waals surface area contributed by atoms with Crippen LogP contribution in [0.2, 0.25) is 0 Å². The largest absolute Gasteiger partial charge is 0.354 e. The molecule has 4 rings (SSSR count). The third kappa shape index (κ3) is 4.04. The molecule has 1 saturated heterocycles. The molecule has 1 aromatic carbocycles. The summed E-state index contributed by atoms with van der Waals surface area (Å²) >= 11 is 3.38. The smallest absolute Gasteiger partial charge is 0.243 e. The van der Waals surface area contributed by atoms with Gasteiger partial charge in [-0.2, -0.15) is 4.31 Å². The van der Waals surface area contributed by atoms with E-state index >= 15 is 0 Å². The van der Waals surface area contributed by atoms with E-state index in [0.29, 0.717) is 37.6 Å². The monoisotopic (exact) mass is 478 g/mol. The Morgan fingerprint density at radius 1 is 1.07 bits per heavy atom. The maximum atomic E-state index is 13.2. The van der Waals surface area contributed by atoms with Gasteiger partial charge in [-0.25, -0.2) is 13.4 Å². The highest BCUT2D eigenvalue weighted by atomic mass is 79.9. The number of fused-ring (bicyclic) bond motifs is 1. The second kappa shape index (κ2) is 8.04. The number of benzene rings is 1. The summed E-state index contributed by atoms with van der Waals surface area (Å²) in [5.41, 5.74) is 1.75. The fourth-order valence-corrected chi connectivity index (χ4v) is 5.63. The highest BCUT2D eigenvalue weighted by Crippen LogP contribution is 2.31. The van der Waals surface area contributed by atoms with Crippen molar-refractivity contribution in [2.24, 2.45) is 0 Å². The summed E-state index contributed by atoms with van der Waals surface area (Å²) in [6.45, 7) is 4.24. The summed E-state index contributed by atoms with van der Waals surface area (Å²) < 4.78 is 28.8. The molecule has 3 heterocycles. The molecular weight excluding hydrogens is 456 g/mol. The Hall–Kier alpha value is -1.97. The van der Waals surface area contributed by atoms with Crippen LogP contribution >= 0.6 is 15.9 Å². The number of amides is 1. The maximum Gasteiger partial charge on any atom is 0.243 e. The van der Waals surface area contributed by atoms with Crippen molar-refractivity contribution in [1.29, 1.82) is 0 Å². The molecule has 1 aromatic heterocycles. The lowest BCUT2D eigenvalue weighted by molar-refractivity contribution is -0.116. The molecule has 0 saturated carbocycles. The Kier molecular flexibility index (Phi) is 5.63. The minimum absolute atomic E-state index is 0.0146. The normalized spacial score (nSPS) is 17.9. The second-order valence-corrected chi connectivity index (χ2v) is 10.1. The van der Waals surface area contributed by atoms with Gasteiger partial charge < -0.3 is 9.80 Å². The van der Waals surface area contributed by atoms with Crippen molar-refractivity contribution >= 4 is 43.4 Å². The standard InChI is InChI=1S/C20H23BrN4O3S/c1-15(26)25-8-2-3-16-13-18(5-6-19(16)25)29(27,28)24-11-9-23(10-12-24)20-7-4-17(21)14-22-20/h4-7,13-14H,2-3,8-12H2,1H3. The number of hydrogen-bond donors (Lipinski definition) is 0. The van der Waals surface area contributed by atoms with Crippen molar-refractivity contribution in [1.82, 2.24) is 9.29 Å². The predicted octanol–water partition coefficient (Wildman–Crippen LogP) is 2.65. The molecule has 1 amide bonds. The van der Waals surface area contributed by atoms with Gasteiger partial charge >= 0.3 is 0 Å². The second-order valence-electron chi connectivity index (χ2n) is 7.29. The first kappa shape index (κ1) is 20.3. The number of hydrogen-bond acceptors (Lipinski definition) is 5. The van der Waals surface area contributed by atoms with Crippen LogP contribution in [-0.4, -0.2) is 56.3 Å². The van der Waals surface area contributed by atoms with Gasteiger partial charge in [-0.1, -0.05) is 0 Å². The molecule has 9 heteroatoms. The molecule has 2 aromatic rings. The maximum absolute atomic E-state index is 13.2. The number of carbonyl (C=O) groups is 1. The molecule has 2 aliphatic heterocycles. The number of rotatable bonds is 3. The van der Waals surface area contributed by atoms with E-state index in [-0.39, 0.29) is 5.91 Å². The van der Waals surface area contributed by atoms with Gasteiger partial charge in [0.25, 0.3) is 0 Å². The fraction of sp³-hybridized carbons (Fsp3) is 0.400. The van der Waals surface area contributed by atoms with E-state index in [4.69, 9.17) is 0 Å². The first-order valence-corrected chi connectivity index (χ1v) is 11.9. The first-order chi connectivity index (χ1) is 13.9. The molecule has 0 atom stereocenters. The summed E-state index contributed by atoms with van der Waals surface area (Å²) in [6, 6.07) is 8.99. The van der Waals surface area contributed by atoms with Crippen molar-refractivity contribution in [2.75, 3.05) is 42.5 Å². The molecule has 0 N–H and O–H groups in total. The highest BCUT2D eigenvalue weighted by Gasteiger charge is 2.30. The molecule has 0 unspecified atom stereocenters. The van der Waals surface area contributed by atoms with E-state index in [9.17, 15) is 13.2 Å². The zero-order valence-electron chi connectivity index (χ0n) is 16.2. The lowest BCUT2D eigenvalue weighted by atomic mass is 10.0. The molecule has 154 valence electrons. The minimum Gasteiger partial charge on any atom is -0.354 e. The van der Waals surface area contributed by atoms with Crippen LogP contribution in [0.5, 0.6) is 0 Å². The van der Waals surface area contributed by atoms with Gasteiger partial charge in [-0.3, -0.25) is 4.79 Å². The van der Waals surface area contributed by atoms with Crippen molar-refractivity contribution in [3.05, 3.63) is 46.6 Å². The zero-order valence-corrected chi connectivity index (χ0v) is 18.6. The molecule has 0 spiro atoms. The van der Waals surface area contributed by atoms with E-state index < -0.39 is 10.0 Å². The molecule has 29 heavy (non-hydrogen) atoms. The van der Waals surface area contributed by atoms with Gasteiger partial charge in [0.05, 0.1) is 4.90 Å². The number of sulfonamides is 1. The van der Waals surface area contributed by atoms with Crippen LogP contribution in [0.1, 0.15) is 18.9 Å². The van der Waals surface area contributed by atoms with E-state index in [1.165, 1.54) is 4.31 Å². The van der Waals surface area contributed by atoms with Crippen LogP contribution in [0.15, 0.2) is 45.9 Å². The molecule has 0 bridgehead atoms. The van der Waals surface area contributed by atoms with Crippen molar-refractivity contribution in [2.45, 2.75) is 24.7 Å². The number of anilines is 2. The van der Waals surface area contributed by atoms with Gasteiger partial charge in [-0.05, 0) is 64.7 Å². The Labute approximate surface area is 179 Å². The van der Waals surface area contributed by atoms with E-state index in [0.717, 1.165) is 34.4 Å². The number of halogens is 1. The van der Waals surface area contributed by atoms with E-state index in [1.807, 2.05) is 12.1 Å². The van der Waals surface area contributed by atoms with Crippen molar-refractivity contribution < 1.29 is 13.2 Å². The topological polar surface area (TPSA) is 73.8 Å². The summed E-state index contributed by atoms with van der Waals surface area (Å²) in [5.74, 6) is 0.836. The molecule has 7 nitrogen and oxygen atoms in total. The van der Waals surface area contributed by atoms with Gasteiger partial charge in [-0.15, -0.1) is 0 Å². The van der Waals surface area contributed by atoms with Crippen LogP contribution in [-0.2, 0) is 21.2 Å². The lowest BCUT2D eigenvalue weighted by Crippen LogP contribution is -2.49. The summed E-state index contributed by atoms with van der Waals surface area (Å²) in [4.78, 5) is 20.4. The Morgan fingerprint density at radius 3 is 2.48 bits per heavy atom. The highest BCUT2D eigenvalue weighted by molar-refractivity contribution is 9.10.